The predicted octanol–water partition coefficient (Wildman–Crippen LogP) is 5.03. The molecule has 8 heteroatoms. The SMILES string of the molecule is Cc1cc2nnc(SCC(O)COc3c(Cl)cccc3Cl)n2c2ccccc12. The molecule has 2 aromatic carbocycles. The first-order valence-corrected chi connectivity index (χ1v) is 10.4. The number of para-hydroxylation sites is 2. The van der Waals surface area contributed by atoms with Crippen molar-refractivity contribution >= 4 is 51.5 Å². The van der Waals surface area contributed by atoms with E-state index < -0.39 is 6.10 Å². The smallest absolute Gasteiger partial charge is 0.196 e. The van der Waals surface area contributed by atoms with Gasteiger partial charge in [-0.2, -0.15) is 0 Å². The summed E-state index contributed by atoms with van der Waals surface area (Å²) in [5, 5.41) is 21.6. The summed E-state index contributed by atoms with van der Waals surface area (Å²) in [5.41, 5.74) is 2.97. The fourth-order valence-electron chi connectivity index (χ4n) is 2.99. The number of ether oxygens (including phenoxy) is 1. The number of rotatable bonds is 6. The van der Waals surface area contributed by atoms with E-state index in [4.69, 9.17) is 27.9 Å². The van der Waals surface area contributed by atoms with Gasteiger partial charge >= 0.3 is 0 Å². The number of hydrogen-bond acceptors (Lipinski definition) is 5. The Labute approximate surface area is 176 Å². The topological polar surface area (TPSA) is 59.7 Å². The predicted molar refractivity (Wildman–Crippen MR) is 114 cm³/mol. The lowest BCUT2D eigenvalue weighted by molar-refractivity contribution is 0.126. The molecule has 0 aliphatic heterocycles. The van der Waals surface area contributed by atoms with Crippen LogP contribution in [0.15, 0.2) is 53.7 Å². The highest BCUT2D eigenvalue weighted by atomic mass is 35.5. The molecule has 2 heterocycles. The van der Waals surface area contributed by atoms with Gasteiger partial charge < -0.3 is 9.84 Å². The lowest BCUT2D eigenvalue weighted by Crippen LogP contribution is -2.20. The van der Waals surface area contributed by atoms with Crippen LogP contribution in [-0.4, -0.2) is 38.2 Å². The zero-order chi connectivity index (χ0) is 19.7. The number of pyridine rings is 1. The van der Waals surface area contributed by atoms with E-state index in [0.29, 0.717) is 21.5 Å². The minimum absolute atomic E-state index is 0.0764. The minimum Gasteiger partial charge on any atom is -0.488 e. The molecule has 0 saturated carbocycles. The van der Waals surface area contributed by atoms with E-state index in [1.54, 1.807) is 18.2 Å². The van der Waals surface area contributed by atoms with Crippen molar-refractivity contribution in [3.05, 3.63) is 64.1 Å². The van der Waals surface area contributed by atoms with E-state index in [1.165, 1.54) is 11.8 Å². The van der Waals surface area contributed by atoms with Crippen molar-refractivity contribution in [2.45, 2.75) is 18.2 Å². The molecule has 0 saturated heterocycles. The third kappa shape index (κ3) is 3.78. The maximum Gasteiger partial charge on any atom is 0.196 e. The standard InChI is InChI=1S/C20H17Cl2N3O2S/c1-12-9-18-23-24-20(25(18)17-8-3-2-5-14(12)17)28-11-13(26)10-27-19-15(21)6-4-7-16(19)22/h2-9,13,26H,10-11H2,1H3. The summed E-state index contributed by atoms with van der Waals surface area (Å²) >= 11 is 13.6. The van der Waals surface area contributed by atoms with Gasteiger partial charge in [0.05, 0.1) is 21.7 Å². The molecule has 1 unspecified atom stereocenters. The molecule has 4 aromatic rings. The molecule has 144 valence electrons. The highest BCUT2D eigenvalue weighted by Gasteiger charge is 2.15. The molecule has 0 aliphatic rings. The quantitative estimate of drug-likeness (QED) is 0.432. The second kappa shape index (κ2) is 8.17. The Balaban J connectivity index is 1.49. The van der Waals surface area contributed by atoms with Crippen LogP contribution in [-0.2, 0) is 0 Å². The van der Waals surface area contributed by atoms with Gasteiger partial charge in [-0.1, -0.05) is 59.2 Å². The van der Waals surface area contributed by atoms with Crippen molar-refractivity contribution in [1.82, 2.24) is 14.6 Å². The zero-order valence-corrected chi connectivity index (χ0v) is 17.3. The first kappa shape index (κ1) is 19.3. The third-order valence-electron chi connectivity index (χ3n) is 4.32. The normalized spacial score (nSPS) is 12.6. The second-order valence-corrected chi connectivity index (χ2v) is 8.15. The fourth-order valence-corrected chi connectivity index (χ4v) is 4.35. The fraction of sp³-hybridized carbons (Fsp3) is 0.200. The molecule has 0 bridgehead atoms. The van der Waals surface area contributed by atoms with Crippen LogP contribution in [0.2, 0.25) is 10.0 Å². The van der Waals surface area contributed by atoms with Gasteiger partial charge in [0.15, 0.2) is 16.6 Å². The molecule has 1 atom stereocenters. The van der Waals surface area contributed by atoms with Gasteiger partial charge in [0.2, 0.25) is 0 Å². The van der Waals surface area contributed by atoms with Crippen LogP contribution >= 0.6 is 35.0 Å². The van der Waals surface area contributed by atoms with Crippen LogP contribution in [0.3, 0.4) is 0 Å². The Morgan fingerprint density at radius 1 is 1.11 bits per heavy atom. The summed E-state index contributed by atoms with van der Waals surface area (Å²) in [6.07, 6.45) is -0.721. The van der Waals surface area contributed by atoms with E-state index in [1.807, 2.05) is 28.7 Å². The van der Waals surface area contributed by atoms with Crippen LogP contribution in [0.5, 0.6) is 5.75 Å². The molecule has 2 aromatic heterocycles. The van der Waals surface area contributed by atoms with Gasteiger partial charge in [0.25, 0.3) is 0 Å². The number of thioether (sulfide) groups is 1. The van der Waals surface area contributed by atoms with Gasteiger partial charge in [0.1, 0.15) is 6.61 Å². The van der Waals surface area contributed by atoms with Crippen molar-refractivity contribution in [3.8, 4) is 5.75 Å². The number of aliphatic hydroxyl groups excluding tert-OH is 1. The van der Waals surface area contributed by atoms with E-state index in [9.17, 15) is 5.11 Å². The highest BCUT2D eigenvalue weighted by molar-refractivity contribution is 7.99. The minimum atomic E-state index is -0.721. The zero-order valence-electron chi connectivity index (χ0n) is 15.0. The Kier molecular flexibility index (Phi) is 5.64. The molecule has 0 spiro atoms. The maximum atomic E-state index is 10.3. The summed E-state index contributed by atoms with van der Waals surface area (Å²) in [4.78, 5) is 0. The average Bonchev–Trinajstić information content (AvgIpc) is 3.09. The molecule has 1 N–H and O–H groups in total. The molecule has 28 heavy (non-hydrogen) atoms. The molecule has 0 fully saturated rings. The number of aryl methyl sites for hydroxylation is 1. The molecular weight excluding hydrogens is 417 g/mol. The number of aromatic nitrogens is 3. The molecular formula is C20H17Cl2N3O2S. The summed E-state index contributed by atoms with van der Waals surface area (Å²) in [7, 11) is 0. The van der Waals surface area contributed by atoms with Crippen molar-refractivity contribution < 1.29 is 9.84 Å². The maximum absolute atomic E-state index is 10.3. The van der Waals surface area contributed by atoms with Crippen LogP contribution < -0.4 is 4.74 Å². The monoisotopic (exact) mass is 433 g/mol. The average molecular weight is 434 g/mol. The van der Waals surface area contributed by atoms with Crippen molar-refractivity contribution in [2.75, 3.05) is 12.4 Å². The number of aliphatic hydroxyl groups is 1. The van der Waals surface area contributed by atoms with E-state index >= 15 is 0 Å². The van der Waals surface area contributed by atoms with Crippen LogP contribution in [0, 0.1) is 6.92 Å². The molecule has 0 radical (unpaired) electrons. The Bertz CT molecular complexity index is 1130. The van der Waals surface area contributed by atoms with Crippen molar-refractivity contribution in [1.29, 1.82) is 0 Å². The summed E-state index contributed by atoms with van der Waals surface area (Å²) in [5.74, 6) is 0.773. The Morgan fingerprint density at radius 3 is 2.64 bits per heavy atom. The van der Waals surface area contributed by atoms with Crippen LogP contribution in [0.25, 0.3) is 16.6 Å². The van der Waals surface area contributed by atoms with Crippen molar-refractivity contribution in [3.63, 3.8) is 0 Å². The summed E-state index contributed by atoms with van der Waals surface area (Å²) < 4.78 is 7.61. The third-order valence-corrected chi connectivity index (χ3v) is 5.99. The number of hydrogen-bond donors (Lipinski definition) is 1. The number of nitrogens with zero attached hydrogens (tertiary/aromatic N) is 3. The largest absolute Gasteiger partial charge is 0.488 e. The summed E-state index contributed by atoms with van der Waals surface area (Å²) in [6, 6.07) is 15.3. The second-order valence-electron chi connectivity index (χ2n) is 6.35. The highest BCUT2D eigenvalue weighted by Crippen LogP contribution is 2.32. The number of halogens is 2. The van der Waals surface area contributed by atoms with Gasteiger partial charge in [-0.05, 0) is 36.8 Å². The molecule has 0 amide bonds. The first-order chi connectivity index (χ1) is 13.5. The van der Waals surface area contributed by atoms with Crippen LogP contribution in [0.1, 0.15) is 5.56 Å². The van der Waals surface area contributed by atoms with E-state index in [2.05, 4.69) is 23.2 Å². The van der Waals surface area contributed by atoms with Gasteiger partial charge in [-0.15, -0.1) is 10.2 Å². The number of fused-ring (bicyclic) bond motifs is 3. The summed E-state index contributed by atoms with van der Waals surface area (Å²) in [6.45, 7) is 2.14. The molecule has 5 nitrogen and oxygen atoms in total. The number of benzene rings is 2. The van der Waals surface area contributed by atoms with Gasteiger partial charge in [-0.3, -0.25) is 4.40 Å². The molecule has 4 rings (SSSR count). The van der Waals surface area contributed by atoms with Gasteiger partial charge in [0, 0.05) is 11.1 Å². The Hall–Kier alpha value is -1.99. The lowest BCUT2D eigenvalue weighted by atomic mass is 10.1. The first-order valence-electron chi connectivity index (χ1n) is 8.66. The van der Waals surface area contributed by atoms with E-state index in [0.717, 1.165) is 27.3 Å². The Morgan fingerprint density at radius 2 is 1.86 bits per heavy atom. The van der Waals surface area contributed by atoms with Crippen LogP contribution in [0.4, 0.5) is 0 Å². The van der Waals surface area contributed by atoms with Crippen molar-refractivity contribution in [2.24, 2.45) is 0 Å². The molecule has 0 aliphatic carbocycles. The van der Waals surface area contributed by atoms with Gasteiger partial charge in [-0.25, -0.2) is 0 Å². The lowest BCUT2D eigenvalue weighted by Gasteiger charge is -2.14. The van der Waals surface area contributed by atoms with E-state index in [-0.39, 0.29) is 6.61 Å².